The Hall–Kier alpha value is -3.19. The average molecular weight is 489 g/mol. The van der Waals surface area contributed by atoms with Crippen LogP contribution in [-0.4, -0.2) is 38.4 Å². The lowest BCUT2D eigenvalue weighted by Gasteiger charge is -2.35. The highest BCUT2D eigenvalue weighted by Crippen LogP contribution is 2.28. The summed E-state index contributed by atoms with van der Waals surface area (Å²) >= 11 is 1.65. The van der Waals surface area contributed by atoms with Gasteiger partial charge in [-0.15, -0.1) is 0 Å². The largest absolute Gasteiger partial charge is 0.338 e. The number of carbonyl (C=O) groups is 1. The number of amides is 1. The number of imidazole rings is 1. The number of piperidine rings is 1. The first kappa shape index (κ1) is 23.5. The summed E-state index contributed by atoms with van der Waals surface area (Å²) in [6.07, 6.45) is 4.74. The van der Waals surface area contributed by atoms with Gasteiger partial charge in [0.1, 0.15) is 5.82 Å². The number of carbonyl (C=O) groups excluding carboxylic acids is 1. The van der Waals surface area contributed by atoms with Gasteiger partial charge in [-0.05, 0) is 59.7 Å². The topological polar surface area (TPSA) is 51.0 Å². The van der Waals surface area contributed by atoms with E-state index < -0.39 is 0 Å². The van der Waals surface area contributed by atoms with Crippen molar-refractivity contribution in [1.82, 2.24) is 19.4 Å². The summed E-state index contributed by atoms with van der Waals surface area (Å²) in [6, 6.07) is 16.4. The van der Waals surface area contributed by atoms with Gasteiger partial charge >= 0.3 is 0 Å². The van der Waals surface area contributed by atoms with Gasteiger partial charge in [0, 0.05) is 30.6 Å². The van der Waals surface area contributed by atoms with Crippen LogP contribution in [0.4, 0.5) is 4.39 Å². The predicted molar refractivity (Wildman–Crippen MR) is 138 cm³/mol. The van der Waals surface area contributed by atoms with E-state index in [1.54, 1.807) is 30.1 Å². The molecule has 5 rings (SSSR count). The second kappa shape index (κ2) is 10.2. The van der Waals surface area contributed by atoms with E-state index >= 15 is 0 Å². The van der Waals surface area contributed by atoms with Crippen LogP contribution in [0.5, 0.6) is 0 Å². The van der Waals surface area contributed by atoms with E-state index in [0.29, 0.717) is 18.4 Å². The Bertz CT molecular complexity index is 1310. The number of likely N-dealkylation sites (tertiary alicyclic amines) is 1. The van der Waals surface area contributed by atoms with Crippen molar-refractivity contribution in [3.05, 3.63) is 89.5 Å². The number of benzene rings is 2. The van der Waals surface area contributed by atoms with Crippen LogP contribution in [0.15, 0.2) is 72.1 Å². The van der Waals surface area contributed by atoms with E-state index in [0.717, 1.165) is 51.7 Å². The Morgan fingerprint density at radius 1 is 1.00 bits per heavy atom. The van der Waals surface area contributed by atoms with Crippen LogP contribution < -0.4 is 0 Å². The third-order valence-electron chi connectivity index (χ3n) is 6.49. The number of nitrogens with zero attached hydrogens (tertiary/aromatic N) is 4. The zero-order valence-corrected chi connectivity index (χ0v) is 20.8. The molecule has 2 aromatic heterocycles. The van der Waals surface area contributed by atoms with Crippen LogP contribution in [-0.2, 0) is 12.3 Å². The third kappa shape index (κ3) is 5.40. The number of pyridine rings is 1. The summed E-state index contributed by atoms with van der Waals surface area (Å²) in [7, 11) is 0. The first-order valence-electron chi connectivity index (χ1n) is 12.0. The molecule has 7 heteroatoms. The van der Waals surface area contributed by atoms with Gasteiger partial charge in [0.25, 0.3) is 5.91 Å². The summed E-state index contributed by atoms with van der Waals surface area (Å²) in [5.74, 6) is 1.69. The first-order valence-corrected chi connectivity index (χ1v) is 13.0. The molecule has 0 bridgehead atoms. The van der Waals surface area contributed by atoms with Crippen LogP contribution in [0.2, 0.25) is 0 Å². The van der Waals surface area contributed by atoms with E-state index in [1.807, 2.05) is 41.4 Å². The van der Waals surface area contributed by atoms with Crippen LogP contribution >= 0.6 is 11.8 Å². The molecule has 5 nitrogen and oxygen atoms in total. The maximum Gasteiger partial charge on any atom is 0.253 e. The number of fused-ring (bicyclic) bond motifs is 1. The molecule has 0 N–H and O–H groups in total. The molecule has 1 fully saturated rings. The van der Waals surface area contributed by atoms with Crippen molar-refractivity contribution in [2.75, 3.05) is 13.1 Å². The van der Waals surface area contributed by atoms with Crippen molar-refractivity contribution in [3.8, 4) is 0 Å². The minimum Gasteiger partial charge on any atom is -0.338 e. The van der Waals surface area contributed by atoms with E-state index in [1.165, 1.54) is 18.6 Å². The van der Waals surface area contributed by atoms with Gasteiger partial charge in [-0.3, -0.25) is 9.78 Å². The van der Waals surface area contributed by atoms with Gasteiger partial charge in [-0.1, -0.05) is 49.9 Å². The molecule has 4 aromatic rings. The molecule has 1 aliphatic rings. The average Bonchev–Trinajstić information content (AvgIpc) is 3.20. The lowest BCUT2D eigenvalue weighted by molar-refractivity contribution is 0.0623. The predicted octanol–water partition coefficient (Wildman–Crippen LogP) is 6.03. The van der Waals surface area contributed by atoms with Gasteiger partial charge in [0.05, 0.1) is 23.8 Å². The third-order valence-corrected chi connectivity index (χ3v) is 7.54. The molecule has 3 heterocycles. The number of halogens is 1. The van der Waals surface area contributed by atoms with Gasteiger partial charge in [0.15, 0.2) is 5.16 Å². The fourth-order valence-corrected chi connectivity index (χ4v) is 5.86. The Balaban J connectivity index is 1.30. The van der Waals surface area contributed by atoms with Crippen LogP contribution in [0.3, 0.4) is 0 Å². The maximum absolute atomic E-state index is 13.4. The van der Waals surface area contributed by atoms with Crippen molar-refractivity contribution in [1.29, 1.82) is 0 Å². The number of rotatable bonds is 6. The minimum atomic E-state index is -0.244. The fourth-order valence-electron chi connectivity index (χ4n) is 4.89. The number of hydrogen-bond donors (Lipinski definition) is 0. The molecule has 180 valence electrons. The van der Waals surface area contributed by atoms with Crippen molar-refractivity contribution in [3.63, 3.8) is 0 Å². The van der Waals surface area contributed by atoms with Crippen molar-refractivity contribution < 1.29 is 9.18 Å². The Morgan fingerprint density at radius 3 is 2.40 bits per heavy atom. The maximum atomic E-state index is 13.4. The summed E-state index contributed by atoms with van der Waals surface area (Å²) in [5, 5.41) is 0.883. The zero-order chi connectivity index (χ0) is 24.4. The molecule has 0 radical (unpaired) electrons. The summed E-state index contributed by atoms with van der Waals surface area (Å²) in [4.78, 5) is 24.1. The van der Waals surface area contributed by atoms with Crippen molar-refractivity contribution >= 4 is 28.7 Å². The van der Waals surface area contributed by atoms with E-state index in [4.69, 9.17) is 4.98 Å². The molecule has 0 unspecified atom stereocenters. The standard InChI is InChI=1S/C28H29FN4OS/c1-19-13-20(2)16-32(15-19)27(34)23-7-3-22(4-8-23)18-35-28-31-25-11-12-30-14-26(25)33(28)17-21-5-9-24(29)10-6-21/h3-12,14,19-20H,13,15-18H2,1-2H3/t19-,20-/m1/s1. The van der Waals surface area contributed by atoms with E-state index in [-0.39, 0.29) is 11.7 Å². The van der Waals surface area contributed by atoms with Crippen molar-refractivity contribution in [2.24, 2.45) is 11.8 Å². The highest BCUT2D eigenvalue weighted by atomic mass is 32.2. The van der Waals surface area contributed by atoms with Crippen LogP contribution in [0.25, 0.3) is 11.0 Å². The monoisotopic (exact) mass is 488 g/mol. The Kier molecular flexibility index (Phi) is 6.86. The second-order valence-electron chi connectivity index (χ2n) is 9.61. The quantitative estimate of drug-likeness (QED) is 0.311. The summed E-state index contributed by atoms with van der Waals surface area (Å²) in [6.45, 7) is 6.69. The van der Waals surface area contributed by atoms with Crippen LogP contribution in [0.1, 0.15) is 41.8 Å². The van der Waals surface area contributed by atoms with Crippen LogP contribution in [0, 0.1) is 17.7 Å². The van der Waals surface area contributed by atoms with E-state index in [2.05, 4.69) is 23.4 Å². The zero-order valence-electron chi connectivity index (χ0n) is 20.0. The number of hydrogen-bond acceptors (Lipinski definition) is 4. The van der Waals surface area contributed by atoms with Gasteiger partial charge in [0.2, 0.25) is 0 Å². The molecular formula is C28H29FN4OS. The normalized spacial score (nSPS) is 18.2. The molecule has 0 saturated carbocycles. The summed E-state index contributed by atoms with van der Waals surface area (Å²) in [5.41, 5.74) is 4.71. The molecule has 1 amide bonds. The minimum absolute atomic E-state index is 0.121. The molecule has 1 saturated heterocycles. The number of thioether (sulfide) groups is 1. The lowest BCUT2D eigenvalue weighted by atomic mass is 9.91. The Morgan fingerprint density at radius 2 is 1.69 bits per heavy atom. The highest BCUT2D eigenvalue weighted by molar-refractivity contribution is 7.98. The smallest absolute Gasteiger partial charge is 0.253 e. The molecular weight excluding hydrogens is 459 g/mol. The number of aromatic nitrogens is 3. The molecule has 2 atom stereocenters. The van der Waals surface area contributed by atoms with Gasteiger partial charge in [-0.2, -0.15) is 0 Å². The van der Waals surface area contributed by atoms with Crippen molar-refractivity contribution in [2.45, 2.75) is 37.7 Å². The lowest BCUT2D eigenvalue weighted by Crippen LogP contribution is -2.42. The molecule has 1 aliphatic heterocycles. The molecule has 0 aliphatic carbocycles. The molecule has 35 heavy (non-hydrogen) atoms. The molecule has 0 spiro atoms. The van der Waals surface area contributed by atoms with E-state index in [9.17, 15) is 9.18 Å². The molecule has 2 aromatic carbocycles. The fraction of sp³-hybridized carbons (Fsp3) is 0.321. The first-order chi connectivity index (χ1) is 17.0. The SMILES string of the molecule is C[C@@H]1C[C@@H](C)CN(C(=O)c2ccc(CSc3nc4ccncc4n3Cc3ccc(F)cc3)cc2)C1. The highest BCUT2D eigenvalue weighted by Gasteiger charge is 2.26. The second-order valence-corrected chi connectivity index (χ2v) is 10.6. The van der Waals surface area contributed by atoms with Gasteiger partial charge < -0.3 is 9.47 Å². The Labute approximate surface area is 209 Å². The van der Waals surface area contributed by atoms with Gasteiger partial charge in [-0.25, -0.2) is 9.37 Å². The summed E-state index contributed by atoms with van der Waals surface area (Å²) < 4.78 is 15.5.